The van der Waals surface area contributed by atoms with E-state index in [2.05, 4.69) is 56.1 Å². The second-order valence-electron chi connectivity index (χ2n) is 8.53. The molecule has 0 amide bonds. The first-order valence-corrected chi connectivity index (χ1v) is 14.5. The van der Waals surface area contributed by atoms with Crippen molar-refractivity contribution < 1.29 is 9.53 Å². The largest absolute Gasteiger partial charge is 0.425 e. The number of thiophene rings is 1. The number of allylic oxidation sites excluding steroid dienone is 1. The number of carbonyl (C=O) groups is 1. The third kappa shape index (κ3) is 4.08. The van der Waals surface area contributed by atoms with Crippen LogP contribution in [0.1, 0.15) is 41.0 Å². The van der Waals surface area contributed by atoms with Crippen LogP contribution in [-0.2, 0) is 11.2 Å². The lowest BCUT2D eigenvalue weighted by atomic mass is 9.85. The zero-order chi connectivity index (χ0) is 25.0. The number of rotatable bonds is 3. The Labute approximate surface area is 231 Å². The van der Waals surface area contributed by atoms with Gasteiger partial charge in [0, 0.05) is 27.4 Å². The highest BCUT2D eigenvalue weighted by Crippen LogP contribution is 2.42. The van der Waals surface area contributed by atoms with E-state index in [1.165, 1.54) is 29.4 Å². The predicted octanol–water partition coefficient (Wildman–Crippen LogP) is 5.83. The van der Waals surface area contributed by atoms with E-state index in [-0.39, 0.29) is 11.6 Å². The highest BCUT2D eigenvalue weighted by atomic mass is 79.9. The van der Waals surface area contributed by atoms with Crippen molar-refractivity contribution in [3.05, 3.63) is 110 Å². The lowest BCUT2D eigenvalue weighted by molar-refractivity contribution is -0.131. The Balaban J connectivity index is 1.61. The smallest absolute Gasteiger partial charge is 0.308 e. The third-order valence-corrected chi connectivity index (χ3v) is 9.21. The number of benzene rings is 2. The lowest BCUT2D eigenvalue weighted by Gasteiger charge is -2.30. The Morgan fingerprint density at radius 3 is 2.78 bits per heavy atom. The van der Waals surface area contributed by atoms with Gasteiger partial charge in [0.1, 0.15) is 0 Å². The van der Waals surface area contributed by atoms with Crippen molar-refractivity contribution in [1.82, 2.24) is 4.57 Å². The Morgan fingerprint density at radius 2 is 2.00 bits per heavy atom. The van der Waals surface area contributed by atoms with E-state index >= 15 is 0 Å². The van der Waals surface area contributed by atoms with Crippen LogP contribution in [0.3, 0.4) is 0 Å². The van der Waals surface area contributed by atoms with Crippen molar-refractivity contribution in [1.29, 1.82) is 0 Å². The van der Waals surface area contributed by atoms with Crippen LogP contribution < -0.4 is 19.6 Å². The second kappa shape index (κ2) is 9.37. The van der Waals surface area contributed by atoms with Crippen LogP contribution in [0.15, 0.2) is 78.2 Å². The van der Waals surface area contributed by atoms with Gasteiger partial charge in [-0.2, -0.15) is 0 Å². The molecule has 2 aliphatic rings. The molecular formula is C27H18Br2N2O3S2. The summed E-state index contributed by atoms with van der Waals surface area (Å²) < 4.78 is 9.24. The first-order chi connectivity index (χ1) is 17.4. The van der Waals surface area contributed by atoms with Gasteiger partial charge in [-0.05, 0) is 69.6 Å². The normalized spacial score (nSPS) is 16.8. The molecular weight excluding hydrogens is 624 g/mol. The molecule has 1 aliphatic carbocycles. The zero-order valence-electron chi connectivity index (χ0n) is 19.0. The number of hydrogen-bond donors (Lipinski definition) is 0. The van der Waals surface area contributed by atoms with Crippen LogP contribution in [0.5, 0.6) is 5.75 Å². The summed E-state index contributed by atoms with van der Waals surface area (Å²) in [4.78, 5) is 32.5. The molecule has 5 nitrogen and oxygen atoms in total. The molecule has 0 unspecified atom stereocenters. The van der Waals surface area contributed by atoms with Crippen molar-refractivity contribution in [3.8, 4) is 5.75 Å². The fourth-order valence-electron chi connectivity index (χ4n) is 4.80. The number of aromatic nitrogens is 1. The second-order valence-corrected chi connectivity index (χ2v) is 12.3. The van der Waals surface area contributed by atoms with E-state index in [1.54, 1.807) is 23.5 Å². The number of halogens is 2. The van der Waals surface area contributed by atoms with E-state index in [4.69, 9.17) is 9.73 Å². The van der Waals surface area contributed by atoms with Gasteiger partial charge in [0.15, 0.2) is 10.6 Å². The van der Waals surface area contributed by atoms with Gasteiger partial charge in [0.25, 0.3) is 5.56 Å². The summed E-state index contributed by atoms with van der Waals surface area (Å²) in [5, 5.41) is 2.05. The number of hydrogen-bond acceptors (Lipinski definition) is 6. The summed E-state index contributed by atoms with van der Waals surface area (Å²) in [6.07, 6.45) is 3.56. The Bertz CT molecular complexity index is 1750. The first-order valence-electron chi connectivity index (χ1n) is 11.2. The molecule has 9 heteroatoms. The SMILES string of the molecule is CC(=O)Oc1c(Br)cc(Br)cc1/C=c1/sc2n(c1=O)[C@H](c1cccs1)C1=C(N=2)c2ccccc2CC1. The summed E-state index contributed by atoms with van der Waals surface area (Å²) in [6.45, 7) is 1.36. The van der Waals surface area contributed by atoms with E-state index in [1.807, 2.05) is 28.1 Å². The number of carbonyl (C=O) groups excluding carboxylic acids is 1. The van der Waals surface area contributed by atoms with Crippen LogP contribution in [-0.4, -0.2) is 10.5 Å². The highest BCUT2D eigenvalue weighted by molar-refractivity contribution is 9.11. The maximum atomic E-state index is 13.9. The standard InChI is InChI=1S/C27H18Br2N2O3S2/c1-14(32)34-25-16(11-17(28)13-20(25)29)12-22-26(33)31-24(21-7-4-10-35-21)19-9-8-15-5-2-3-6-18(15)23(19)30-27(31)36-22/h2-7,10-13,24H,8-9H2,1H3/b22-12+/t24-/m0/s1. The molecule has 2 aromatic carbocycles. The van der Waals surface area contributed by atoms with Gasteiger partial charge in [-0.1, -0.05) is 57.6 Å². The molecule has 180 valence electrons. The van der Waals surface area contributed by atoms with Gasteiger partial charge in [0.2, 0.25) is 0 Å². The molecule has 0 radical (unpaired) electrons. The molecule has 0 fully saturated rings. The summed E-state index contributed by atoms with van der Waals surface area (Å²) in [7, 11) is 0. The summed E-state index contributed by atoms with van der Waals surface area (Å²) in [6, 6.07) is 16.0. The van der Waals surface area contributed by atoms with Gasteiger partial charge in [-0.25, -0.2) is 4.99 Å². The third-order valence-electron chi connectivity index (χ3n) is 6.26. The maximum absolute atomic E-state index is 13.9. The minimum absolute atomic E-state index is 0.104. The quantitative estimate of drug-likeness (QED) is 0.209. The summed E-state index contributed by atoms with van der Waals surface area (Å²) in [5.41, 5.74) is 5.11. The number of nitrogens with zero attached hydrogens (tertiary/aromatic N) is 2. The number of fused-ring (bicyclic) bond motifs is 3. The van der Waals surface area contributed by atoms with Crippen LogP contribution in [0.25, 0.3) is 11.8 Å². The van der Waals surface area contributed by atoms with Crippen LogP contribution in [0, 0.1) is 0 Å². The van der Waals surface area contributed by atoms with E-state index in [9.17, 15) is 9.59 Å². The average molecular weight is 642 g/mol. The van der Waals surface area contributed by atoms with E-state index in [0.29, 0.717) is 25.1 Å². The van der Waals surface area contributed by atoms with Crippen molar-refractivity contribution in [2.45, 2.75) is 25.8 Å². The van der Waals surface area contributed by atoms with Crippen LogP contribution >= 0.6 is 54.5 Å². The summed E-state index contributed by atoms with van der Waals surface area (Å²) >= 11 is 9.99. The minimum Gasteiger partial charge on any atom is -0.425 e. The molecule has 0 saturated carbocycles. The molecule has 6 rings (SSSR count). The molecule has 1 aliphatic heterocycles. The average Bonchev–Trinajstić information content (AvgIpc) is 3.48. The van der Waals surface area contributed by atoms with Gasteiger partial charge in [-0.3, -0.25) is 14.2 Å². The van der Waals surface area contributed by atoms with Gasteiger partial charge in [0.05, 0.1) is 20.7 Å². The molecule has 0 saturated heterocycles. The van der Waals surface area contributed by atoms with E-state index in [0.717, 1.165) is 33.5 Å². The number of thiazole rings is 1. The molecule has 0 spiro atoms. The number of aryl methyl sites for hydroxylation is 1. The first kappa shape index (κ1) is 23.8. The van der Waals surface area contributed by atoms with Crippen molar-refractivity contribution >= 4 is 72.3 Å². The van der Waals surface area contributed by atoms with Crippen molar-refractivity contribution in [2.75, 3.05) is 0 Å². The van der Waals surface area contributed by atoms with E-state index < -0.39 is 5.97 Å². The fraction of sp³-hybridized carbons (Fsp3) is 0.148. The molecule has 3 heterocycles. The molecule has 1 atom stereocenters. The number of esters is 1. The monoisotopic (exact) mass is 640 g/mol. The van der Waals surface area contributed by atoms with Crippen LogP contribution in [0.2, 0.25) is 0 Å². The predicted molar refractivity (Wildman–Crippen MR) is 150 cm³/mol. The molecule has 0 N–H and O–H groups in total. The van der Waals surface area contributed by atoms with Crippen molar-refractivity contribution in [3.63, 3.8) is 0 Å². The van der Waals surface area contributed by atoms with Gasteiger partial charge < -0.3 is 4.74 Å². The topological polar surface area (TPSA) is 60.7 Å². The highest BCUT2D eigenvalue weighted by Gasteiger charge is 2.33. The Hall–Kier alpha value is -2.59. The zero-order valence-corrected chi connectivity index (χ0v) is 23.8. The minimum atomic E-state index is -0.432. The van der Waals surface area contributed by atoms with Crippen molar-refractivity contribution in [2.24, 2.45) is 4.99 Å². The van der Waals surface area contributed by atoms with Crippen LogP contribution in [0.4, 0.5) is 0 Å². The molecule has 0 bridgehead atoms. The molecule has 4 aromatic rings. The Kier molecular flexibility index (Phi) is 6.19. The van der Waals surface area contributed by atoms with Gasteiger partial charge >= 0.3 is 5.97 Å². The fourth-order valence-corrected chi connectivity index (χ4v) is 7.98. The summed E-state index contributed by atoms with van der Waals surface area (Å²) in [5.74, 6) is -0.0577. The maximum Gasteiger partial charge on any atom is 0.308 e. The lowest BCUT2D eigenvalue weighted by Crippen LogP contribution is -2.38. The molecule has 36 heavy (non-hydrogen) atoms. The molecule has 2 aromatic heterocycles. The number of ether oxygens (including phenoxy) is 1. The Morgan fingerprint density at radius 1 is 1.17 bits per heavy atom. The van der Waals surface area contributed by atoms with Gasteiger partial charge in [-0.15, -0.1) is 11.3 Å².